The lowest BCUT2D eigenvalue weighted by Crippen LogP contribution is -2.37. The molecule has 0 heterocycles. The van der Waals surface area contributed by atoms with Crippen LogP contribution in [0, 0.1) is 5.41 Å². The molecule has 108 valence electrons. The van der Waals surface area contributed by atoms with Gasteiger partial charge in [-0.05, 0) is 28.8 Å². The van der Waals surface area contributed by atoms with E-state index in [4.69, 9.17) is 0 Å². The van der Waals surface area contributed by atoms with Gasteiger partial charge in [0.1, 0.15) is 0 Å². The predicted molar refractivity (Wildman–Crippen MR) is 86.1 cm³/mol. The van der Waals surface area contributed by atoms with E-state index in [1.54, 1.807) is 0 Å². The number of aliphatic hydroxyl groups excluding tert-OH is 1. The third-order valence-corrected chi connectivity index (χ3v) is 3.89. The lowest BCUT2D eigenvalue weighted by molar-refractivity contribution is 0.0389. The second kappa shape index (κ2) is 5.94. The summed E-state index contributed by atoms with van der Waals surface area (Å²) in [6.07, 6.45) is -0.379. The summed E-state index contributed by atoms with van der Waals surface area (Å²) in [6.45, 7) is 7.03. The first-order valence-corrected chi connectivity index (χ1v) is 7.25. The molecule has 0 aliphatic rings. The zero-order valence-corrected chi connectivity index (χ0v) is 12.9. The highest BCUT2D eigenvalue weighted by atomic mass is 16.3. The number of hydrogen-bond donors (Lipinski definition) is 2. The van der Waals surface area contributed by atoms with E-state index in [1.165, 1.54) is 16.3 Å². The zero-order chi connectivity index (χ0) is 14.8. The first-order valence-electron chi connectivity index (χ1n) is 7.25. The molecule has 2 unspecified atom stereocenters. The monoisotopic (exact) mass is 271 g/mol. The predicted octanol–water partition coefficient (Wildman–Crippen LogP) is 3.55. The van der Waals surface area contributed by atoms with E-state index in [-0.39, 0.29) is 17.4 Å². The minimum atomic E-state index is -0.379. The van der Waals surface area contributed by atoms with Crippen LogP contribution in [0.2, 0.25) is 0 Å². The molecule has 2 rings (SSSR count). The van der Waals surface area contributed by atoms with Gasteiger partial charge in [-0.2, -0.15) is 0 Å². The molecule has 0 fully saturated rings. The molecule has 0 bridgehead atoms. The highest BCUT2D eigenvalue weighted by Gasteiger charge is 2.31. The lowest BCUT2D eigenvalue weighted by atomic mass is 9.78. The van der Waals surface area contributed by atoms with Crippen molar-refractivity contribution in [3.8, 4) is 0 Å². The maximum Gasteiger partial charge on any atom is 0.0669 e. The summed E-state index contributed by atoms with van der Waals surface area (Å²) in [7, 11) is 1.93. The molecule has 2 atom stereocenters. The highest BCUT2D eigenvalue weighted by molar-refractivity contribution is 5.83. The summed E-state index contributed by atoms with van der Waals surface area (Å²) >= 11 is 0. The summed E-state index contributed by atoms with van der Waals surface area (Å²) in [5.41, 5.74) is 1.06. The van der Waals surface area contributed by atoms with Crippen molar-refractivity contribution in [2.75, 3.05) is 13.6 Å². The number of fused-ring (bicyclic) bond motifs is 1. The van der Waals surface area contributed by atoms with Gasteiger partial charge >= 0.3 is 0 Å². The van der Waals surface area contributed by atoms with Gasteiger partial charge < -0.3 is 10.4 Å². The molecule has 2 aromatic carbocycles. The van der Waals surface area contributed by atoms with Crippen LogP contribution in [0.4, 0.5) is 0 Å². The normalized spacial score (nSPS) is 15.2. The molecule has 0 aliphatic heterocycles. The van der Waals surface area contributed by atoms with Crippen LogP contribution in [-0.2, 0) is 0 Å². The molecule has 2 heteroatoms. The maximum absolute atomic E-state index is 10.7. The van der Waals surface area contributed by atoms with Gasteiger partial charge in [0.05, 0.1) is 6.10 Å². The average molecular weight is 271 g/mol. The van der Waals surface area contributed by atoms with Crippen molar-refractivity contribution in [3.05, 3.63) is 48.0 Å². The van der Waals surface area contributed by atoms with Crippen molar-refractivity contribution in [3.63, 3.8) is 0 Å². The van der Waals surface area contributed by atoms with Crippen molar-refractivity contribution in [1.29, 1.82) is 0 Å². The number of benzene rings is 2. The number of rotatable bonds is 4. The first-order chi connectivity index (χ1) is 9.43. The number of likely N-dealkylation sites (N-methyl/N-ethyl adjacent to an activating group) is 1. The zero-order valence-electron chi connectivity index (χ0n) is 12.9. The summed E-state index contributed by atoms with van der Waals surface area (Å²) in [6, 6.07) is 14.8. The molecule has 0 saturated carbocycles. The van der Waals surface area contributed by atoms with Gasteiger partial charge in [0.2, 0.25) is 0 Å². The fraction of sp³-hybridized carbons (Fsp3) is 0.444. The molecule has 0 saturated heterocycles. The second-order valence-corrected chi connectivity index (χ2v) is 6.58. The lowest BCUT2D eigenvalue weighted by Gasteiger charge is -2.33. The van der Waals surface area contributed by atoms with Crippen molar-refractivity contribution in [1.82, 2.24) is 5.32 Å². The van der Waals surface area contributed by atoms with Crippen LogP contribution in [0.25, 0.3) is 10.8 Å². The molecule has 0 spiro atoms. The molecule has 0 aliphatic carbocycles. The van der Waals surface area contributed by atoms with Crippen molar-refractivity contribution < 1.29 is 5.11 Å². The quantitative estimate of drug-likeness (QED) is 0.891. The van der Waals surface area contributed by atoms with Crippen LogP contribution >= 0.6 is 0 Å². The minimum Gasteiger partial charge on any atom is -0.392 e. The summed E-state index contributed by atoms with van der Waals surface area (Å²) in [5.74, 6) is 0.101. The van der Waals surface area contributed by atoms with Crippen LogP contribution in [-0.4, -0.2) is 24.8 Å². The Kier molecular flexibility index (Phi) is 4.46. The van der Waals surface area contributed by atoms with Gasteiger partial charge in [-0.3, -0.25) is 0 Å². The number of nitrogens with one attached hydrogen (secondary N) is 1. The summed E-state index contributed by atoms with van der Waals surface area (Å²) in [4.78, 5) is 0. The molecule has 2 N–H and O–H groups in total. The molecule has 0 amide bonds. The van der Waals surface area contributed by atoms with Gasteiger partial charge in [0.15, 0.2) is 0 Å². The SMILES string of the molecule is CNCC(c1ccc2ccccc2c1)C(O)C(C)(C)C. The largest absolute Gasteiger partial charge is 0.392 e. The van der Waals surface area contributed by atoms with Gasteiger partial charge in [0, 0.05) is 12.5 Å². The Morgan fingerprint density at radius 3 is 2.30 bits per heavy atom. The van der Waals surface area contributed by atoms with E-state index in [9.17, 15) is 5.11 Å². The van der Waals surface area contributed by atoms with Gasteiger partial charge in [-0.15, -0.1) is 0 Å². The van der Waals surface area contributed by atoms with Gasteiger partial charge in [-0.1, -0.05) is 63.2 Å². The minimum absolute atomic E-state index is 0.101. The van der Waals surface area contributed by atoms with E-state index >= 15 is 0 Å². The Balaban J connectivity index is 2.41. The topological polar surface area (TPSA) is 32.3 Å². The molecular formula is C18H25NO. The summed E-state index contributed by atoms with van der Waals surface area (Å²) in [5, 5.41) is 16.3. The Morgan fingerprint density at radius 1 is 1.05 bits per heavy atom. The molecule has 0 aromatic heterocycles. The van der Waals surface area contributed by atoms with E-state index in [2.05, 4.69) is 68.6 Å². The van der Waals surface area contributed by atoms with Crippen LogP contribution in [0.5, 0.6) is 0 Å². The first kappa shape index (κ1) is 15.0. The summed E-state index contributed by atoms with van der Waals surface area (Å²) < 4.78 is 0. The molecule has 2 aromatic rings. The highest BCUT2D eigenvalue weighted by Crippen LogP contribution is 2.32. The van der Waals surface area contributed by atoms with E-state index in [0.29, 0.717) is 0 Å². The van der Waals surface area contributed by atoms with Crippen LogP contribution in [0.3, 0.4) is 0 Å². The fourth-order valence-corrected chi connectivity index (χ4v) is 2.67. The third kappa shape index (κ3) is 3.20. The van der Waals surface area contributed by atoms with Crippen LogP contribution < -0.4 is 5.32 Å². The third-order valence-electron chi connectivity index (χ3n) is 3.89. The van der Waals surface area contributed by atoms with Crippen LogP contribution in [0.1, 0.15) is 32.3 Å². The van der Waals surface area contributed by atoms with Crippen LogP contribution in [0.15, 0.2) is 42.5 Å². The van der Waals surface area contributed by atoms with E-state index in [1.807, 2.05) is 7.05 Å². The van der Waals surface area contributed by atoms with Gasteiger partial charge in [-0.25, -0.2) is 0 Å². The smallest absolute Gasteiger partial charge is 0.0669 e. The Hall–Kier alpha value is -1.38. The Labute approximate surface area is 121 Å². The molecule has 20 heavy (non-hydrogen) atoms. The van der Waals surface area contributed by atoms with Crippen molar-refractivity contribution in [2.45, 2.75) is 32.8 Å². The molecular weight excluding hydrogens is 246 g/mol. The van der Waals surface area contributed by atoms with Gasteiger partial charge in [0.25, 0.3) is 0 Å². The second-order valence-electron chi connectivity index (χ2n) is 6.58. The Morgan fingerprint density at radius 2 is 1.70 bits per heavy atom. The van der Waals surface area contributed by atoms with Crippen molar-refractivity contribution in [2.24, 2.45) is 5.41 Å². The Bertz CT molecular complexity index is 571. The van der Waals surface area contributed by atoms with E-state index < -0.39 is 0 Å². The fourth-order valence-electron chi connectivity index (χ4n) is 2.67. The van der Waals surface area contributed by atoms with E-state index in [0.717, 1.165) is 6.54 Å². The maximum atomic E-state index is 10.7. The van der Waals surface area contributed by atoms with Crippen molar-refractivity contribution >= 4 is 10.8 Å². The standard InChI is InChI=1S/C18H25NO/c1-18(2,3)17(20)16(12-19-4)15-10-9-13-7-5-6-8-14(13)11-15/h5-11,16-17,19-20H,12H2,1-4H3. The molecule has 2 nitrogen and oxygen atoms in total. The number of aliphatic hydroxyl groups is 1. The average Bonchev–Trinajstić information content (AvgIpc) is 2.42. The number of hydrogen-bond acceptors (Lipinski definition) is 2. The molecule has 0 radical (unpaired) electrons.